The summed E-state index contributed by atoms with van der Waals surface area (Å²) < 4.78 is 5.08. The van der Waals surface area contributed by atoms with E-state index < -0.39 is 5.97 Å². The Balaban J connectivity index is 1.38. The third kappa shape index (κ3) is 6.10. The van der Waals surface area contributed by atoms with Crippen LogP contribution in [0.3, 0.4) is 0 Å². The molecule has 27 heavy (non-hydrogen) atoms. The van der Waals surface area contributed by atoms with Crippen LogP contribution in [0.25, 0.3) is 6.08 Å². The second-order valence-electron chi connectivity index (χ2n) is 6.87. The molecule has 0 atom stereocenters. The lowest BCUT2D eigenvalue weighted by Gasteiger charge is -2.32. The van der Waals surface area contributed by atoms with Gasteiger partial charge in [0.2, 0.25) is 0 Å². The molecule has 0 aromatic heterocycles. The summed E-state index contributed by atoms with van der Waals surface area (Å²) in [4.78, 5) is 25.8. The highest BCUT2D eigenvalue weighted by atomic mass is 16.5. The minimum absolute atomic E-state index is 0.116. The van der Waals surface area contributed by atoms with E-state index >= 15 is 0 Å². The van der Waals surface area contributed by atoms with Crippen molar-refractivity contribution < 1.29 is 14.3 Å². The van der Waals surface area contributed by atoms with E-state index in [2.05, 4.69) is 24.3 Å². The van der Waals surface area contributed by atoms with Crippen LogP contribution in [-0.2, 0) is 20.7 Å². The molecule has 0 spiro atoms. The largest absolute Gasteiger partial charge is 0.452 e. The molecule has 3 rings (SSSR count). The molecule has 140 valence electrons. The number of carbonyl (C=O) groups excluding carboxylic acids is 2. The van der Waals surface area contributed by atoms with Crippen molar-refractivity contribution in [2.75, 3.05) is 19.7 Å². The lowest BCUT2D eigenvalue weighted by atomic mass is 9.90. The molecule has 1 saturated heterocycles. The Morgan fingerprint density at radius 1 is 0.963 bits per heavy atom. The summed E-state index contributed by atoms with van der Waals surface area (Å²) in [6, 6.07) is 20.0. The number of piperidine rings is 1. The zero-order chi connectivity index (χ0) is 18.9. The number of esters is 1. The van der Waals surface area contributed by atoms with E-state index in [-0.39, 0.29) is 12.5 Å². The van der Waals surface area contributed by atoms with Gasteiger partial charge in [-0.2, -0.15) is 0 Å². The van der Waals surface area contributed by atoms with E-state index in [9.17, 15) is 9.59 Å². The molecule has 2 aromatic carbocycles. The summed E-state index contributed by atoms with van der Waals surface area (Å²) in [6.07, 6.45) is 6.07. The number of likely N-dealkylation sites (tertiary alicyclic amines) is 1. The second-order valence-corrected chi connectivity index (χ2v) is 6.87. The van der Waals surface area contributed by atoms with Gasteiger partial charge in [0, 0.05) is 19.2 Å². The average Bonchev–Trinajstić information content (AvgIpc) is 2.72. The lowest BCUT2D eigenvalue weighted by molar-refractivity contribution is -0.148. The molecular weight excluding hydrogens is 338 g/mol. The number of carbonyl (C=O) groups is 2. The maximum absolute atomic E-state index is 12.3. The van der Waals surface area contributed by atoms with Crippen LogP contribution in [0.4, 0.5) is 0 Å². The predicted octanol–water partition coefficient (Wildman–Crippen LogP) is 3.72. The molecule has 0 bridgehead atoms. The Morgan fingerprint density at radius 3 is 2.26 bits per heavy atom. The van der Waals surface area contributed by atoms with Crippen molar-refractivity contribution in [3.63, 3.8) is 0 Å². The fraction of sp³-hybridized carbons (Fsp3) is 0.304. The average molecular weight is 363 g/mol. The van der Waals surface area contributed by atoms with Crippen molar-refractivity contribution in [3.8, 4) is 0 Å². The maximum Gasteiger partial charge on any atom is 0.331 e. The van der Waals surface area contributed by atoms with Crippen LogP contribution in [0.15, 0.2) is 66.7 Å². The van der Waals surface area contributed by atoms with E-state index in [1.54, 1.807) is 11.0 Å². The molecule has 0 aliphatic carbocycles. The second kappa shape index (κ2) is 9.72. The van der Waals surface area contributed by atoms with Crippen LogP contribution >= 0.6 is 0 Å². The number of rotatable bonds is 6. The molecule has 1 heterocycles. The van der Waals surface area contributed by atoms with E-state index in [1.807, 2.05) is 36.4 Å². The first kappa shape index (κ1) is 18.9. The monoisotopic (exact) mass is 363 g/mol. The molecule has 2 aromatic rings. The van der Waals surface area contributed by atoms with Crippen LogP contribution < -0.4 is 0 Å². The highest BCUT2D eigenvalue weighted by Gasteiger charge is 2.23. The van der Waals surface area contributed by atoms with Crippen molar-refractivity contribution in [2.45, 2.75) is 19.3 Å². The summed E-state index contributed by atoms with van der Waals surface area (Å²) >= 11 is 0. The van der Waals surface area contributed by atoms with Crippen molar-refractivity contribution in [1.29, 1.82) is 0 Å². The SMILES string of the molecule is O=C(C=Cc1ccccc1)OCC(=O)N1CCC(Cc2ccccc2)CC1. The summed E-state index contributed by atoms with van der Waals surface area (Å²) in [5.41, 5.74) is 2.27. The molecule has 1 aliphatic rings. The predicted molar refractivity (Wildman–Crippen MR) is 106 cm³/mol. The van der Waals surface area contributed by atoms with Gasteiger partial charge in [0.1, 0.15) is 0 Å². The summed E-state index contributed by atoms with van der Waals surface area (Å²) in [6.45, 7) is 1.27. The molecule has 1 fully saturated rings. The van der Waals surface area contributed by atoms with Crippen LogP contribution in [0.1, 0.15) is 24.0 Å². The third-order valence-electron chi connectivity index (χ3n) is 4.88. The topological polar surface area (TPSA) is 46.6 Å². The Kier molecular flexibility index (Phi) is 6.80. The molecule has 4 nitrogen and oxygen atoms in total. The highest BCUT2D eigenvalue weighted by molar-refractivity contribution is 5.89. The number of benzene rings is 2. The first-order valence-corrected chi connectivity index (χ1v) is 9.42. The van der Waals surface area contributed by atoms with E-state index in [0.29, 0.717) is 5.92 Å². The fourth-order valence-corrected chi connectivity index (χ4v) is 3.33. The van der Waals surface area contributed by atoms with Crippen molar-refractivity contribution >= 4 is 18.0 Å². The standard InChI is InChI=1S/C23H25NO3/c25-22(18-27-23(26)12-11-19-7-3-1-4-8-19)24-15-13-21(14-16-24)17-20-9-5-2-6-10-20/h1-12,21H,13-18H2. The smallest absolute Gasteiger partial charge is 0.331 e. The van der Waals surface area contributed by atoms with E-state index in [0.717, 1.165) is 37.9 Å². The normalized spacial score (nSPS) is 15.0. The number of hydrogen-bond acceptors (Lipinski definition) is 3. The fourth-order valence-electron chi connectivity index (χ4n) is 3.33. The molecule has 1 amide bonds. The van der Waals surface area contributed by atoms with Gasteiger partial charge in [0.15, 0.2) is 6.61 Å². The van der Waals surface area contributed by atoms with Gasteiger partial charge in [-0.05, 0) is 42.4 Å². The Hall–Kier alpha value is -2.88. The van der Waals surface area contributed by atoms with Gasteiger partial charge < -0.3 is 9.64 Å². The van der Waals surface area contributed by atoms with Gasteiger partial charge in [-0.3, -0.25) is 4.79 Å². The zero-order valence-electron chi connectivity index (χ0n) is 15.4. The van der Waals surface area contributed by atoms with Crippen molar-refractivity contribution in [1.82, 2.24) is 4.90 Å². The van der Waals surface area contributed by atoms with Gasteiger partial charge in [0.05, 0.1) is 0 Å². The lowest BCUT2D eigenvalue weighted by Crippen LogP contribution is -2.41. The van der Waals surface area contributed by atoms with Gasteiger partial charge in [-0.1, -0.05) is 60.7 Å². The summed E-state index contributed by atoms with van der Waals surface area (Å²) in [5, 5.41) is 0. The third-order valence-corrected chi connectivity index (χ3v) is 4.88. The molecule has 0 unspecified atom stereocenters. The Morgan fingerprint density at radius 2 is 1.59 bits per heavy atom. The molecule has 0 radical (unpaired) electrons. The van der Waals surface area contributed by atoms with Gasteiger partial charge >= 0.3 is 5.97 Å². The maximum atomic E-state index is 12.3. The summed E-state index contributed by atoms with van der Waals surface area (Å²) in [5.74, 6) is -0.00593. The van der Waals surface area contributed by atoms with Gasteiger partial charge in [-0.25, -0.2) is 4.79 Å². The quantitative estimate of drug-likeness (QED) is 0.580. The molecule has 0 N–H and O–H groups in total. The highest BCUT2D eigenvalue weighted by Crippen LogP contribution is 2.21. The first-order valence-electron chi connectivity index (χ1n) is 9.42. The zero-order valence-corrected chi connectivity index (χ0v) is 15.4. The Labute approximate surface area is 160 Å². The van der Waals surface area contributed by atoms with E-state index in [1.165, 1.54) is 11.6 Å². The van der Waals surface area contributed by atoms with Crippen molar-refractivity contribution in [3.05, 3.63) is 77.9 Å². The molecule has 4 heteroatoms. The molecular formula is C23H25NO3. The minimum atomic E-state index is -0.494. The summed E-state index contributed by atoms with van der Waals surface area (Å²) in [7, 11) is 0. The molecule has 0 saturated carbocycles. The van der Waals surface area contributed by atoms with Gasteiger partial charge in [0.25, 0.3) is 5.91 Å². The van der Waals surface area contributed by atoms with Crippen molar-refractivity contribution in [2.24, 2.45) is 5.92 Å². The molecule has 1 aliphatic heterocycles. The number of amides is 1. The van der Waals surface area contributed by atoms with Crippen LogP contribution in [0.2, 0.25) is 0 Å². The van der Waals surface area contributed by atoms with Crippen LogP contribution in [0, 0.1) is 5.92 Å². The number of hydrogen-bond donors (Lipinski definition) is 0. The minimum Gasteiger partial charge on any atom is -0.452 e. The van der Waals surface area contributed by atoms with Gasteiger partial charge in [-0.15, -0.1) is 0 Å². The first-order chi connectivity index (χ1) is 13.2. The van der Waals surface area contributed by atoms with Crippen LogP contribution in [-0.4, -0.2) is 36.5 Å². The van der Waals surface area contributed by atoms with E-state index in [4.69, 9.17) is 4.74 Å². The number of ether oxygens (including phenoxy) is 1. The van der Waals surface area contributed by atoms with Crippen LogP contribution in [0.5, 0.6) is 0 Å². The Bertz CT molecular complexity index is 763. The number of nitrogens with zero attached hydrogens (tertiary/aromatic N) is 1.